The summed E-state index contributed by atoms with van der Waals surface area (Å²) in [6.45, 7) is 0.691. The van der Waals surface area contributed by atoms with E-state index in [0.29, 0.717) is 23.4 Å². The molecular weight excluding hydrogens is 418 g/mol. The molecule has 1 aromatic heterocycles. The van der Waals surface area contributed by atoms with Gasteiger partial charge >= 0.3 is 0 Å². The van der Waals surface area contributed by atoms with Crippen molar-refractivity contribution in [3.63, 3.8) is 0 Å². The lowest BCUT2D eigenvalue weighted by molar-refractivity contribution is 0.0983. The maximum atomic E-state index is 12.9. The van der Waals surface area contributed by atoms with Crippen LogP contribution in [0.1, 0.15) is 32.7 Å². The smallest absolute Gasteiger partial charge is 0.258 e. The van der Waals surface area contributed by atoms with Crippen molar-refractivity contribution in [2.75, 3.05) is 16.8 Å². The minimum atomic E-state index is -0.221. The molecule has 1 aliphatic rings. The van der Waals surface area contributed by atoms with Gasteiger partial charge in [0.15, 0.2) is 0 Å². The van der Waals surface area contributed by atoms with Gasteiger partial charge in [-0.2, -0.15) is 0 Å². The number of rotatable bonds is 3. The molecule has 2 amide bonds. The average molecular weight is 436 g/mol. The van der Waals surface area contributed by atoms with Gasteiger partial charge in [-0.3, -0.25) is 14.6 Å². The summed E-state index contributed by atoms with van der Waals surface area (Å²) in [5.41, 5.74) is 3.82. The molecule has 2 heterocycles. The quantitative estimate of drug-likeness (QED) is 0.648. The number of hydrogen-bond acceptors (Lipinski definition) is 3. The van der Waals surface area contributed by atoms with Crippen molar-refractivity contribution < 1.29 is 9.59 Å². The summed E-state index contributed by atoms with van der Waals surface area (Å²) in [4.78, 5) is 31.2. The van der Waals surface area contributed by atoms with Gasteiger partial charge in [0.05, 0.1) is 5.56 Å². The molecule has 140 valence electrons. The molecule has 5 nitrogen and oxygen atoms in total. The van der Waals surface area contributed by atoms with E-state index in [-0.39, 0.29) is 11.8 Å². The first-order chi connectivity index (χ1) is 13.6. The van der Waals surface area contributed by atoms with Crippen molar-refractivity contribution in [2.24, 2.45) is 0 Å². The molecule has 0 aliphatic carbocycles. The van der Waals surface area contributed by atoms with Crippen molar-refractivity contribution in [2.45, 2.75) is 12.8 Å². The van der Waals surface area contributed by atoms with Crippen LogP contribution in [-0.2, 0) is 6.42 Å². The van der Waals surface area contributed by atoms with E-state index in [2.05, 4.69) is 26.2 Å². The number of hydrogen-bond donors (Lipinski definition) is 1. The second kappa shape index (κ2) is 7.94. The Labute approximate surface area is 171 Å². The number of halogens is 1. The molecule has 0 unspecified atom stereocenters. The van der Waals surface area contributed by atoms with Crippen LogP contribution in [0.2, 0.25) is 0 Å². The molecule has 4 rings (SSSR count). The lowest BCUT2D eigenvalue weighted by atomic mass is 10.00. The zero-order valence-electron chi connectivity index (χ0n) is 15.1. The van der Waals surface area contributed by atoms with E-state index < -0.39 is 0 Å². The number of anilines is 2. The van der Waals surface area contributed by atoms with Crippen LogP contribution in [0.4, 0.5) is 11.4 Å². The Bertz CT molecular complexity index is 1040. The number of pyridine rings is 1. The number of amides is 2. The molecule has 0 bridgehead atoms. The molecule has 0 fully saturated rings. The normalized spacial score (nSPS) is 13.0. The summed E-state index contributed by atoms with van der Waals surface area (Å²) < 4.78 is 0.751. The van der Waals surface area contributed by atoms with Crippen LogP contribution in [0.15, 0.2) is 71.5 Å². The van der Waals surface area contributed by atoms with Crippen LogP contribution >= 0.6 is 15.9 Å². The van der Waals surface area contributed by atoms with Gasteiger partial charge in [0, 0.05) is 40.3 Å². The lowest BCUT2D eigenvalue weighted by Gasteiger charge is -2.30. The van der Waals surface area contributed by atoms with E-state index in [1.165, 1.54) is 6.20 Å². The highest BCUT2D eigenvalue weighted by molar-refractivity contribution is 9.10. The van der Waals surface area contributed by atoms with Crippen molar-refractivity contribution in [3.8, 4) is 0 Å². The van der Waals surface area contributed by atoms with Gasteiger partial charge in [-0.05, 0) is 70.7 Å². The van der Waals surface area contributed by atoms with Crippen LogP contribution in [0.5, 0.6) is 0 Å². The summed E-state index contributed by atoms with van der Waals surface area (Å²) in [7, 11) is 0. The van der Waals surface area contributed by atoms with Crippen molar-refractivity contribution in [1.29, 1.82) is 0 Å². The van der Waals surface area contributed by atoms with E-state index in [1.807, 2.05) is 53.4 Å². The number of nitrogens with one attached hydrogen (secondary N) is 1. The molecule has 28 heavy (non-hydrogen) atoms. The molecule has 0 saturated heterocycles. The van der Waals surface area contributed by atoms with Crippen molar-refractivity contribution in [1.82, 2.24) is 4.98 Å². The number of carbonyl (C=O) groups excluding carboxylic acids is 2. The number of benzene rings is 2. The highest BCUT2D eigenvalue weighted by Crippen LogP contribution is 2.31. The van der Waals surface area contributed by atoms with Gasteiger partial charge in [-0.1, -0.05) is 18.2 Å². The van der Waals surface area contributed by atoms with Crippen LogP contribution in [-0.4, -0.2) is 23.3 Å². The summed E-state index contributed by atoms with van der Waals surface area (Å²) in [5, 5.41) is 2.91. The summed E-state index contributed by atoms with van der Waals surface area (Å²) in [6.07, 6.45) is 4.92. The first-order valence-corrected chi connectivity index (χ1v) is 9.83. The third-order valence-electron chi connectivity index (χ3n) is 4.69. The van der Waals surface area contributed by atoms with Gasteiger partial charge in [0.25, 0.3) is 11.8 Å². The Balaban J connectivity index is 1.56. The fourth-order valence-corrected chi connectivity index (χ4v) is 3.73. The minimum absolute atomic E-state index is 0.00135. The van der Waals surface area contributed by atoms with Crippen LogP contribution in [0, 0.1) is 0 Å². The Hall–Kier alpha value is -2.99. The topological polar surface area (TPSA) is 62.3 Å². The van der Waals surface area contributed by atoms with Gasteiger partial charge < -0.3 is 10.2 Å². The Kier molecular flexibility index (Phi) is 5.21. The summed E-state index contributed by atoms with van der Waals surface area (Å²) in [6, 6.07) is 16.7. The molecule has 0 atom stereocenters. The fourth-order valence-electron chi connectivity index (χ4n) is 3.36. The Morgan fingerprint density at radius 1 is 1.00 bits per heavy atom. The first kappa shape index (κ1) is 18.4. The van der Waals surface area contributed by atoms with Gasteiger partial charge in [0.2, 0.25) is 0 Å². The standard InChI is InChI=1S/C22H18BrN3O2/c23-18-11-17(13-24-14-18)21(27)25-19-8-9-20-16(12-19)7-4-10-26(20)22(28)15-5-2-1-3-6-15/h1-3,5-6,8-9,11-14H,4,7,10H2,(H,25,27). The third kappa shape index (κ3) is 3.82. The summed E-state index contributed by atoms with van der Waals surface area (Å²) >= 11 is 3.32. The van der Waals surface area contributed by atoms with Gasteiger partial charge in [-0.15, -0.1) is 0 Å². The lowest BCUT2D eigenvalue weighted by Crippen LogP contribution is -2.35. The molecular formula is C22H18BrN3O2. The highest BCUT2D eigenvalue weighted by atomic mass is 79.9. The van der Waals surface area contributed by atoms with E-state index in [9.17, 15) is 9.59 Å². The molecule has 0 radical (unpaired) electrons. The fraction of sp³-hybridized carbons (Fsp3) is 0.136. The molecule has 0 spiro atoms. The summed E-state index contributed by atoms with van der Waals surface area (Å²) in [5.74, 6) is -0.222. The van der Waals surface area contributed by atoms with E-state index >= 15 is 0 Å². The number of carbonyl (C=O) groups is 2. The number of fused-ring (bicyclic) bond motifs is 1. The van der Waals surface area contributed by atoms with Crippen LogP contribution in [0.3, 0.4) is 0 Å². The van der Waals surface area contributed by atoms with E-state index in [0.717, 1.165) is 28.6 Å². The second-order valence-corrected chi connectivity index (χ2v) is 7.53. The molecule has 1 N–H and O–H groups in total. The zero-order valence-corrected chi connectivity index (χ0v) is 16.6. The monoisotopic (exact) mass is 435 g/mol. The SMILES string of the molecule is O=C(Nc1ccc2c(c1)CCCN2C(=O)c1ccccc1)c1cncc(Br)c1. The first-order valence-electron chi connectivity index (χ1n) is 9.03. The molecule has 2 aromatic carbocycles. The average Bonchev–Trinajstić information content (AvgIpc) is 2.73. The second-order valence-electron chi connectivity index (χ2n) is 6.62. The Morgan fingerprint density at radius 2 is 1.82 bits per heavy atom. The highest BCUT2D eigenvalue weighted by Gasteiger charge is 2.24. The maximum Gasteiger partial charge on any atom is 0.258 e. The number of aromatic nitrogens is 1. The number of nitrogens with zero attached hydrogens (tertiary/aromatic N) is 2. The van der Waals surface area contributed by atoms with E-state index in [1.54, 1.807) is 12.3 Å². The predicted molar refractivity (Wildman–Crippen MR) is 113 cm³/mol. The number of aryl methyl sites for hydroxylation is 1. The van der Waals surface area contributed by atoms with E-state index in [4.69, 9.17) is 0 Å². The van der Waals surface area contributed by atoms with Crippen LogP contribution < -0.4 is 10.2 Å². The zero-order chi connectivity index (χ0) is 19.5. The van der Waals surface area contributed by atoms with Gasteiger partial charge in [0.1, 0.15) is 0 Å². The van der Waals surface area contributed by atoms with Gasteiger partial charge in [-0.25, -0.2) is 0 Å². The molecule has 0 saturated carbocycles. The largest absolute Gasteiger partial charge is 0.322 e. The Morgan fingerprint density at radius 3 is 2.61 bits per heavy atom. The van der Waals surface area contributed by atoms with Crippen molar-refractivity contribution in [3.05, 3.63) is 88.2 Å². The molecule has 1 aliphatic heterocycles. The minimum Gasteiger partial charge on any atom is -0.322 e. The van der Waals surface area contributed by atoms with Crippen LogP contribution in [0.25, 0.3) is 0 Å². The van der Waals surface area contributed by atoms with Crippen molar-refractivity contribution >= 4 is 39.1 Å². The predicted octanol–water partition coefficient (Wildman–Crippen LogP) is 4.69. The maximum absolute atomic E-state index is 12.9. The molecule has 3 aromatic rings. The third-order valence-corrected chi connectivity index (χ3v) is 5.12. The molecule has 6 heteroatoms.